The summed E-state index contributed by atoms with van der Waals surface area (Å²) in [6, 6.07) is 17.0. The maximum Gasteiger partial charge on any atom is 0.247 e. The van der Waals surface area contributed by atoms with Crippen molar-refractivity contribution in [3.63, 3.8) is 0 Å². The van der Waals surface area contributed by atoms with Crippen LogP contribution in [-0.2, 0) is 11.3 Å². The van der Waals surface area contributed by atoms with Gasteiger partial charge in [-0.2, -0.15) is 15.0 Å². The smallest absolute Gasteiger partial charge is 0.247 e. The number of rotatable bonds is 10. The third-order valence-electron chi connectivity index (χ3n) is 5.32. The summed E-state index contributed by atoms with van der Waals surface area (Å²) in [5.74, 6) is 0.767. The highest BCUT2D eigenvalue weighted by atomic mass is 16.5. The minimum atomic E-state index is -0.178. The number of para-hydroxylation sites is 1. The van der Waals surface area contributed by atoms with Crippen molar-refractivity contribution in [2.75, 3.05) is 11.9 Å². The number of carbonyl (C=O) groups is 1. The van der Waals surface area contributed by atoms with Gasteiger partial charge in [0.05, 0.1) is 6.61 Å². The van der Waals surface area contributed by atoms with Gasteiger partial charge in [0, 0.05) is 17.8 Å². The molecule has 0 saturated heterocycles. The molecule has 0 aliphatic carbocycles. The number of aryl methyl sites for hydroxylation is 2. The van der Waals surface area contributed by atoms with Crippen molar-refractivity contribution in [2.45, 2.75) is 73.5 Å². The highest BCUT2D eigenvalue weighted by Crippen LogP contribution is 2.16. The lowest BCUT2D eigenvalue weighted by atomic mass is 10.1. The summed E-state index contributed by atoms with van der Waals surface area (Å²) in [6.45, 7) is 22.8. The number of hydrogen-bond acceptors (Lipinski definition) is 5. The van der Waals surface area contributed by atoms with Crippen molar-refractivity contribution in [3.8, 4) is 5.75 Å². The number of carbonyl (C=O) groups excluding carboxylic acids is 1. The maximum absolute atomic E-state index is 12.1. The number of hydrogen-bond donors (Lipinski definition) is 2. The van der Waals surface area contributed by atoms with Crippen LogP contribution in [0, 0.1) is 13.8 Å². The van der Waals surface area contributed by atoms with E-state index >= 15 is 0 Å². The van der Waals surface area contributed by atoms with E-state index in [0.717, 1.165) is 29.2 Å². The molecule has 1 heterocycles. The van der Waals surface area contributed by atoms with Crippen LogP contribution >= 0.6 is 0 Å². The van der Waals surface area contributed by atoms with E-state index in [1.54, 1.807) is 12.2 Å². The molecule has 0 aliphatic heterocycles. The van der Waals surface area contributed by atoms with E-state index in [2.05, 4.69) is 61.7 Å². The van der Waals surface area contributed by atoms with Gasteiger partial charge >= 0.3 is 0 Å². The first kappa shape index (κ1) is 32.3. The molecule has 0 aliphatic rings. The normalized spacial score (nSPS) is 10.8. The molecule has 7 nitrogen and oxygen atoms in total. The summed E-state index contributed by atoms with van der Waals surface area (Å²) in [5.41, 5.74) is 4.21. The Bertz CT molecular complexity index is 1100. The van der Waals surface area contributed by atoms with Gasteiger partial charge in [0.1, 0.15) is 23.7 Å². The minimum Gasteiger partial charge on any atom is -0.494 e. The second-order valence-electron chi connectivity index (χ2n) is 9.15. The monoisotopic (exact) mass is 519 g/mol. The largest absolute Gasteiger partial charge is 0.494 e. The number of nitrogens with zero attached hydrogens (tertiary/aromatic N) is 3. The molecule has 3 rings (SSSR count). The number of nitrogens with one attached hydrogen (secondary N) is 2. The standard InChI is InChI=1S/C16H18N4O.C8H10O.C7H17N/c1-5-13-14(6-2)19-20(18-13)10-16(21)17-15-8-7-11(3)9-12(15)4;1-2-9-8-6-4-3-5-7-8;1-5-7(4)8-6(2)3/h5-9H,1-2,10H2,3-4H3,(H,17,21);3-7H,2H2,1H3;6-8H,5H2,1-4H3/t;;7-/m..1/s1. The first-order valence-electron chi connectivity index (χ1n) is 13.1. The molecule has 3 aromatic rings. The Morgan fingerprint density at radius 3 is 2.05 bits per heavy atom. The fraction of sp³-hybridized carbons (Fsp3) is 0.387. The van der Waals surface area contributed by atoms with Crippen molar-refractivity contribution in [1.82, 2.24) is 20.3 Å². The molecule has 7 heteroatoms. The molecule has 1 aromatic heterocycles. The van der Waals surface area contributed by atoms with Crippen LogP contribution in [0.1, 0.15) is 63.6 Å². The van der Waals surface area contributed by atoms with Crippen molar-refractivity contribution >= 4 is 23.7 Å². The summed E-state index contributed by atoms with van der Waals surface area (Å²) in [5, 5.41) is 14.6. The molecule has 0 saturated carbocycles. The molecule has 0 bridgehead atoms. The Hall–Kier alpha value is -3.71. The zero-order valence-corrected chi connectivity index (χ0v) is 24.1. The van der Waals surface area contributed by atoms with Crippen molar-refractivity contribution in [2.24, 2.45) is 0 Å². The zero-order chi connectivity index (χ0) is 28.5. The van der Waals surface area contributed by atoms with Gasteiger partial charge in [0.2, 0.25) is 5.91 Å². The molecular weight excluding hydrogens is 474 g/mol. The van der Waals surface area contributed by atoms with Crippen molar-refractivity contribution in [1.29, 1.82) is 0 Å². The number of benzene rings is 2. The maximum atomic E-state index is 12.1. The Morgan fingerprint density at radius 2 is 1.61 bits per heavy atom. The summed E-state index contributed by atoms with van der Waals surface area (Å²) in [6.07, 6.45) is 4.39. The second-order valence-corrected chi connectivity index (χ2v) is 9.15. The Labute approximate surface area is 229 Å². The molecule has 0 spiro atoms. The number of anilines is 1. The van der Waals surface area contributed by atoms with Gasteiger partial charge in [0.25, 0.3) is 0 Å². The Morgan fingerprint density at radius 1 is 1.00 bits per heavy atom. The van der Waals surface area contributed by atoms with Crippen LogP contribution < -0.4 is 15.4 Å². The van der Waals surface area contributed by atoms with E-state index < -0.39 is 0 Å². The molecular formula is C31H45N5O2. The summed E-state index contributed by atoms with van der Waals surface area (Å²) in [7, 11) is 0. The third kappa shape index (κ3) is 12.5. The van der Waals surface area contributed by atoms with Crippen LogP contribution in [0.3, 0.4) is 0 Å². The number of aromatic nitrogens is 3. The van der Waals surface area contributed by atoms with Gasteiger partial charge in [-0.1, -0.05) is 69.8 Å². The fourth-order valence-corrected chi connectivity index (χ4v) is 3.38. The van der Waals surface area contributed by atoms with Gasteiger partial charge in [-0.25, -0.2) is 0 Å². The Kier molecular flexibility index (Phi) is 15.0. The summed E-state index contributed by atoms with van der Waals surface area (Å²) < 4.78 is 5.21. The lowest BCUT2D eigenvalue weighted by Crippen LogP contribution is -2.31. The van der Waals surface area contributed by atoms with Crippen LogP contribution in [0.4, 0.5) is 5.69 Å². The fourth-order valence-electron chi connectivity index (χ4n) is 3.38. The summed E-state index contributed by atoms with van der Waals surface area (Å²) in [4.78, 5) is 13.4. The van der Waals surface area contributed by atoms with Gasteiger partial charge in [-0.05, 0) is 70.0 Å². The molecule has 0 radical (unpaired) electrons. The van der Waals surface area contributed by atoms with E-state index in [0.29, 0.717) is 23.5 Å². The van der Waals surface area contributed by atoms with Gasteiger partial charge in [-0.15, -0.1) is 0 Å². The predicted octanol–water partition coefficient (Wildman–Crippen LogP) is 6.69. The van der Waals surface area contributed by atoms with Crippen LogP contribution in [0.15, 0.2) is 61.7 Å². The topological polar surface area (TPSA) is 81.1 Å². The van der Waals surface area contributed by atoms with E-state index in [9.17, 15) is 4.79 Å². The minimum absolute atomic E-state index is 0.0436. The highest BCUT2D eigenvalue weighted by Gasteiger charge is 2.10. The average molecular weight is 520 g/mol. The van der Waals surface area contributed by atoms with Crippen molar-refractivity contribution in [3.05, 3.63) is 84.2 Å². The summed E-state index contributed by atoms with van der Waals surface area (Å²) >= 11 is 0. The molecule has 206 valence electrons. The highest BCUT2D eigenvalue weighted by molar-refractivity contribution is 5.91. The second kappa shape index (κ2) is 17.7. The molecule has 0 unspecified atom stereocenters. The average Bonchev–Trinajstić information content (AvgIpc) is 3.28. The first-order chi connectivity index (χ1) is 18.1. The van der Waals surface area contributed by atoms with Crippen LogP contribution in [-0.4, -0.2) is 39.6 Å². The molecule has 38 heavy (non-hydrogen) atoms. The quantitative estimate of drug-likeness (QED) is 0.312. The molecule has 1 amide bonds. The molecule has 2 aromatic carbocycles. The van der Waals surface area contributed by atoms with Crippen molar-refractivity contribution < 1.29 is 9.53 Å². The van der Waals surface area contributed by atoms with Gasteiger partial charge in [-0.3, -0.25) is 4.79 Å². The Balaban J connectivity index is 0.000000349. The van der Waals surface area contributed by atoms with E-state index in [-0.39, 0.29) is 12.5 Å². The van der Waals surface area contributed by atoms with Crippen LogP contribution in [0.25, 0.3) is 12.2 Å². The number of ether oxygens (including phenoxy) is 1. The van der Waals surface area contributed by atoms with E-state index in [1.165, 1.54) is 11.2 Å². The van der Waals surface area contributed by atoms with Crippen LogP contribution in [0.2, 0.25) is 0 Å². The predicted molar refractivity (Wildman–Crippen MR) is 160 cm³/mol. The zero-order valence-electron chi connectivity index (χ0n) is 24.1. The van der Waals surface area contributed by atoms with E-state index in [1.807, 2.05) is 69.3 Å². The molecule has 0 fully saturated rings. The van der Waals surface area contributed by atoms with Gasteiger partial charge < -0.3 is 15.4 Å². The molecule has 2 N–H and O–H groups in total. The SMILES string of the molecule is C=Cc1nn(CC(=O)Nc2ccc(C)cc2C)nc1C=C.CCOc1ccccc1.CC[C@@H](C)NC(C)C. The lowest BCUT2D eigenvalue weighted by molar-refractivity contribution is -0.117. The third-order valence-corrected chi connectivity index (χ3v) is 5.32. The first-order valence-corrected chi connectivity index (χ1v) is 13.1. The van der Waals surface area contributed by atoms with E-state index in [4.69, 9.17) is 4.74 Å². The number of amides is 1. The lowest BCUT2D eigenvalue weighted by Gasteiger charge is -2.13. The molecule has 1 atom stereocenters. The van der Waals surface area contributed by atoms with Gasteiger partial charge in [0.15, 0.2) is 0 Å². The van der Waals surface area contributed by atoms with Crippen LogP contribution in [0.5, 0.6) is 5.75 Å².